The first-order chi connectivity index (χ1) is 25.4. The van der Waals surface area contributed by atoms with Crippen molar-refractivity contribution in [3.63, 3.8) is 0 Å². The predicted molar refractivity (Wildman–Crippen MR) is 196 cm³/mol. The van der Waals surface area contributed by atoms with Crippen molar-refractivity contribution in [2.45, 2.75) is 108 Å². The maximum Gasteiger partial charge on any atom is 0.415 e. The van der Waals surface area contributed by atoms with Crippen LogP contribution in [0, 0.1) is 11.8 Å². The second-order valence-electron chi connectivity index (χ2n) is 14.6. The first kappa shape index (κ1) is 39.7. The summed E-state index contributed by atoms with van der Waals surface area (Å²) in [5, 5.41) is 18.1. The normalized spacial score (nSPS) is 25.1. The fourth-order valence-corrected chi connectivity index (χ4v) is 8.86. The molecule has 15 heteroatoms. The van der Waals surface area contributed by atoms with E-state index in [4.69, 9.17) is 30.4 Å². The fourth-order valence-electron chi connectivity index (χ4n) is 8.86. The molecule has 7 N–H and O–H groups in total. The number of carbonyl (C=O) groups excluding carboxylic acids is 4. The van der Waals surface area contributed by atoms with E-state index < -0.39 is 35.2 Å². The maximum atomic E-state index is 14.0. The van der Waals surface area contributed by atoms with Crippen LogP contribution in [0.3, 0.4) is 0 Å². The Balaban J connectivity index is 1.31. The number of amides is 3. The van der Waals surface area contributed by atoms with E-state index in [1.54, 1.807) is 20.1 Å². The SMILES string of the molecule is CCOC(=O)CCCCCN(CCNC(=O)[C@H](CCCN=C(N)N)NC(C)=O)C(=O)OC1=CCC2(O)[C@H]3Cc4ccc(OC)c5c4[C@@]2(CC[C@H]3C)C1O5. The Hall–Kier alpha value is -4.53. The Morgan fingerprint density at radius 2 is 1.94 bits per heavy atom. The van der Waals surface area contributed by atoms with E-state index in [0.29, 0.717) is 87.8 Å². The number of nitrogens with zero attached hydrogens (tertiary/aromatic N) is 2. The van der Waals surface area contributed by atoms with Gasteiger partial charge in [0, 0.05) is 45.1 Å². The lowest BCUT2D eigenvalue weighted by atomic mass is 9.45. The van der Waals surface area contributed by atoms with E-state index in [-0.39, 0.29) is 43.3 Å². The molecule has 1 fully saturated rings. The molecular weight excluding hydrogens is 684 g/mol. The van der Waals surface area contributed by atoms with Gasteiger partial charge >= 0.3 is 12.1 Å². The molecule has 2 bridgehead atoms. The molecule has 0 radical (unpaired) electrons. The molecule has 0 aromatic heterocycles. The van der Waals surface area contributed by atoms with Crippen LogP contribution >= 0.6 is 0 Å². The van der Waals surface area contributed by atoms with E-state index in [9.17, 15) is 24.3 Å². The lowest BCUT2D eigenvalue weighted by molar-refractivity contribution is -0.165. The third kappa shape index (κ3) is 8.19. The van der Waals surface area contributed by atoms with Crippen LogP contribution < -0.4 is 31.6 Å². The van der Waals surface area contributed by atoms with Gasteiger partial charge in [-0.05, 0) is 87.8 Å². The first-order valence-electron chi connectivity index (χ1n) is 18.9. The summed E-state index contributed by atoms with van der Waals surface area (Å²) in [4.78, 5) is 56.3. The van der Waals surface area contributed by atoms with Crippen molar-refractivity contribution >= 4 is 29.8 Å². The number of aliphatic hydroxyl groups is 1. The zero-order valence-corrected chi connectivity index (χ0v) is 31.4. The molecule has 15 nitrogen and oxygen atoms in total. The largest absolute Gasteiger partial charge is 0.493 e. The minimum atomic E-state index is -1.08. The minimum Gasteiger partial charge on any atom is -0.493 e. The lowest BCUT2D eigenvalue weighted by Gasteiger charge is -2.61. The van der Waals surface area contributed by atoms with Crippen molar-refractivity contribution in [1.82, 2.24) is 15.5 Å². The van der Waals surface area contributed by atoms with Crippen molar-refractivity contribution in [2.24, 2.45) is 28.3 Å². The number of nitrogens with one attached hydrogen (secondary N) is 2. The fraction of sp³-hybridized carbons (Fsp3) is 0.658. The molecular formula is C38H56N6O9. The van der Waals surface area contributed by atoms with Crippen LogP contribution in [0.5, 0.6) is 11.5 Å². The molecule has 6 atom stereocenters. The van der Waals surface area contributed by atoms with Gasteiger partial charge in [0.25, 0.3) is 0 Å². The van der Waals surface area contributed by atoms with Gasteiger partial charge < -0.3 is 51.1 Å². The lowest BCUT2D eigenvalue weighted by Crippen LogP contribution is -2.69. The van der Waals surface area contributed by atoms with Gasteiger partial charge in [0.2, 0.25) is 11.8 Å². The molecule has 292 valence electrons. The molecule has 1 heterocycles. The Bertz CT molecular complexity index is 1600. The van der Waals surface area contributed by atoms with Crippen LogP contribution in [0.1, 0.15) is 89.7 Å². The number of nitrogens with two attached hydrogens (primary N) is 2. The molecule has 1 aliphatic heterocycles. The van der Waals surface area contributed by atoms with E-state index in [2.05, 4.69) is 28.6 Å². The number of esters is 1. The number of guanidine groups is 1. The zero-order chi connectivity index (χ0) is 38.3. The van der Waals surface area contributed by atoms with Crippen molar-refractivity contribution in [2.75, 3.05) is 39.9 Å². The van der Waals surface area contributed by atoms with E-state index >= 15 is 0 Å². The number of unbranched alkanes of at least 4 members (excludes halogenated alkanes) is 2. The average Bonchev–Trinajstić information content (AvgIpc) is 3.47. The number of carbonyl (C=O) groups is 4. The van der Waals surface area contributed by atoms with Gasteiger partial charge in [-0.25, -0.2) is 4.79 Å². The van der Waals surface area contributed by atoms with Crippen molar-refractivity contribution in [1.29, 1.82) is 0 Å². The number of ether oxygens (including phenoxy) is 4. The topological polar surface area (TPSA) is 217 Å². The zero-order valence-electron chi connectivity index (χ0n) is 31.4. The number of benzene rings is 1. The second kappa shape index (κ2) is 17.1. The summed E-state index contributed by atoms with van der Waals surface area (Å²) in [6, 6.07) is 3.16. The molecule has 1 spiro atoms. The Morgan fingerprint density at radius 3 is 2.66 bits per heavy atom. The van der Waals surface area contributed by atoms with Gasteiger partial charge in [0.15, 0.2) is 23.6 Å². The van der Waals surface area contributed by atoms with Crippen molar-refractivity contribution in [3.8, 4) is 11.5 Å². The molecule has 1 aromatic rings. The van der Waals surface area contributed by atoms with Gasteiger partial charge in [0.1, 0.15) is 11.8 Å². The molecule has 1 saturated carbocycles. The standard InChI is InChI=1S/C38H56N6O9/c1-5-51-30(46)11-7-6-8-20-44(21-19-41-34(47)27(43-24(3)45)10-9-18-42-35(39)40)36(48)52-29-15-17-38(49)26-22-25-12-13-28(50-4)32-31(25)37(38,33(29)53-32)16-14-23(26)2/h12-13,15,23,26-27,33,49H,5-11,14,16-22H2,1-4H3,(H,41,47)(H,43,45)(H4,39,40,42)/t23-,26+,27+,33?,37+,38?/m1/s1. The highest BCUT2D eigenvalue weighted by Crippen LogP contribution is 2.68. The molecule has 0 saturated heterocycles. The summed E-state index contributed by atoms with van der Waals surface area (Å²) in [5.74, 6) is 0.772. The maximum absolute atomic E-state index is 14.0. The number of hydrogen-bond donors (Lipinski definition) is 5. The van der Waals surface area contributed by atoms with Crippen LogP contribution in [-0.4, -0.2) is 97.5 Å². The summed E-state index contributed by atoms with van der Waals surface area (Å²) >= 11 is 0. The van der Waals surface area contributed by atoms with E-state index in [1.807, 2.05) is 6.07 Å². The second-order valence-corrected chi connectivity index (χ2v) is 14.6. The molecule has 1 aromatic carbocycles. The number of methoxy groups -OCH3 is 1. The summed E-state index contributed by atoms with van der Waals surface area (Å²) in [7, 11) is 1.59. The summed E-state index contributed by atoms with van der Waals surface area (Å²) < 4.78 is 23.6. The molecule has 3 aliphatic carbocycles. The minimum absolute atomic E-state index is 0.0188. The van der Waals surface area contributed by atoms with Crippen LogP contribution in [0.25, 0.3) is 0 Å². The smallest absolute Gasteiger partial charge is 0.415 e. The van der Waals surface area contributed by atoms with Gasteiger partial charge in [-0.3, -0.25) is 19.4 Å². The number of rotatable bonds is 18. The monoisotopic (exact) mass is 740 g/mol. The van der Waals surface area contributed by atoms with Gasteiger partial charge in [-0.15, -0.1) is 0 Å². The molecule has 2 unspecified atom stereocenters. The highest BCUT2D eigenvalue weighted by Gasteiger charge is 2.72. The Labute approximate surface area is 311 Å². The Morgan fingerprint density at radius 1 is 1.15 bits per heavy atom. The molecule has 3 amide bonds. The van der Waals surface area contributed by atoms with E-state index in [0.717, 1.165) is 24.0 Å². The van der Waals surface area contributed by atoms with Crippen LogP contribution in [-0.2, 0) is 35.7 Å². The number of hydrogen-bond acceptors (Lipinski definition) is 10. The number of aliphatic imine (C=N–C) groups is 1. The Kier molecular flexibility index (Phi) is 12.8. The van der Waals surface area contributed by atoms with Gasteiger partial charge in [-0.1, -0.05) is 19.4 Å². The predicted octanol–water partition coefficient (Wildman–Crippen LogP) is 2.55. The third-order valence-electron chi connectivity index (χ3n) is 11.3. The molecule has 4 aliphatic rings. The van der Waals surface area contributed by atoms with Crippen molar-refractivity contribution in [3.05, 3.63) is 35.1 Å². The average molecular weight is 741 g/mol. The molecule has 53 heavy (non-hydrogen) atoms. The van der Waals surface area contributed by atoms with Gasteiger partial charge in [-0.2, -0.15) is 0 Å². The van der Waals surface area contributed by atoms with Gasteiger partial charge in [0.05, 0.1) is 24.7 Å². The summed E-state index contributed by atoms with van der Waals surface area (Å²) in [5.41, 5.74) is 11.0. The third-order valence-corrected chi connectivity index (χ3v) is 11.3. The highest BCUT2D eigenvalue weighted by molar-refractivity contribution is 5.86. The van der Waals surface area contributed by atoms with E-state index in [1.165, 1.54) is 11.8 Å². The van der Waals surface area contributed by atoms with Crippen LogP contribution in [0.15, 0.2) is 29.0 Å². The molecule has 5 rings (SSSR count). The van der Waals surface area contributed by atoms with Crippen LogP contribution in [0.4, 0.5) is 4.79 Å². The quantitative estimate of drug-likeness (QED) is 0.0638. The first-order valence-corrected chi connectivity index (χ1v) is 18.9. The summed E-state index contributed by atoms with van der Waals surface area (Å²) in [6.45, 7) is 6.44. The highest BCUT2D eigenvalue weighted by atomic mass is 16.6. The van der Waals surface area contributed by atoms with Crippen molar-refractivity contribution < 1.29 is 43.2 Å². The summed E-state index contributed by atoms with van der Waals surface area (Å²) in [6.07, 6.45) is 5.98. The van der Waals surface area contributed by atoms with Crippen LogP contribution in [0.2, 0.25) is 0 Å².